The average Bonchev–Trinajstić information content (AvgIpc) is 2.25. The van der Waals surface area contributed by atoms with Crippen molar-refractivity contribution in [3.63, 3.8) is 0 Å². The number of benzene rings is 1. The van der Waals surface area contributed by atoms with Crippen LogP contribution in [0.25, 0.3) is 0 Å². The Morgan fingerprint density at radius 3 is 2.44 bits per heavy atom. The summed E-state index contributed by atoms with van der Waals surface area (Å²) in [5.41, 5.74) is 0.274. The standard InChI is InChI=1S/C11H14Cl2O2S/c1-3-11(4-2,15-16(13)14)9-6-5-7-10(12)8-9/h5-8H,3-4H2,1-2H3. The van der Waals surface area contributed by atoms with Gasteiger partial charge >= 0.3 is 0 Å². The van der Waals surface area contributed by atoms with Crippen LogP contribution in [0, 0.1) is 0 Å². The maximum Gasteiger partial charge on any atom is 0.256 e. The fraction of sp³-hybridized carbons (Fsp3) is 0.455. The maximum absolute atomic E-state index is 11.1. The Kier molecular flexibility index (Phi) is 5.25. The van der Waals surface area contributed by atoms with Gasteiger partial charge in [0, 0.05) is 15.7 Å². The molecule has 0 aliphatic heterocycles. The van der Waals surface area contributed by atoms with Gasteiger partial charge in [-0.2, -0.15) is 0 Å². The summed E-state index contributed by atoms with van der Waals surface area (Å²) >= 11 is 5.94. The van der Waals surface area contributed by atoms with Crippen LogP contribution < -0.4 is 0 Å². The minimum Gasteiger partial charge on any atom is -0.267 e. The van der Waals surface area contributed by atoms with Gasteiger partial charge in [0.25, 0.3) is 10.3 Å². The van der Waals surface area contributed by atoms with E-state index < -0.39 is 15.9 Å². The van der Waals surface area contributed by atoms with E-state index in [-0.39, 0.29) is 0 Å². The lowest BCUT2D eigenvalue weighted by molar-refractivity contribution is 0.0775. The van der Waals surface area contributed by atoms with E-state index in [1.807, 2.05) is 32.0 Å². The van der Waals surface area contributed by atoms with Gasteiger partial charge in [0.15, 0.2) is 0 Å². The second-order valence-corrected chi connectivity index (χ2v) is 5.24. The molecule has 0 saturated carbocycles. The molecule has 0 heterocycles. The summed E-state index contributed by atoms with van der Waals surface area (Å²) in [6.45, 7) is 3.93. The van der Waals surface area contributed by atoms with Crippen molar-refractivity contribution in [2.24, 2.45) is 0 Å². The topological polar surface area (TPSA) is 26.3 Å². The third kappa shape index (κ3) is 3.20. The molecule has 0 saturated heterocycles. The lowest BCUT2D eigenvalue weighted by Crippen LogP contribution is -2.28. The Hall–Kier alpha value is -0.0900. The maximum atomic E-state index is 11.1. The molecule has 5 heteroatoms. The van der Waals surface area contributed by atoms with E-state index in [0.717, 1.165) is 5.56 Å². The molecule has 90 valence electrons. The molecule has 1 atom stereocenters. The Balaban J connectivity index is 3.14. The molecule has 0 aliphatic carbocycles. The molecule has 0 fully saturated rings. The van der Waals surface area contributed by atoms with Crippen molar-refractivity contribution in [1.82, 2.24) is 0 Å². The van der Waals surface area contributed by atoms with E-state index in [4.69, 9.17) is 26.5 Å². The van der Waals surface area contributed by atoms with Crippen LogP contribution in [-0.4, -0.2) is 4.21 Å². The Bertz CT molecular complexity index is 378. The van der Waals surface area contributed by atoms with Crippen LogP contribution in [0.1, 0.15) is 32.3 Å². The van der Waals surface area contributed by atoms with Gasteiger partial charge in [0.1, 0.15) is 5.60 Å². The first-order valence-electron chi connectivity index (χ1n) is 5.07. The molecule has 0 aromatic heterocycles. The molecule has 0 spiro atoms. The van der Waals surface area contributed by atoms with Crippen LogP contribution >= 0.6 is 22.3 Å². The molecule has 1 aromatic rings. The molecular weight excluding hydrogens is 267 g/mol. The molecule has 1 unspecified atom stereocenters. The first-order valence-corrected chi connectivity index (χ1v) is 7.35. The quantitative estimate of drug-likeness (QED) is 0.756. The monoisotopic (exact) mass is 280 g/mol. The van der Waals surface area contributed by atoms with Crippen LogP contribution in [0.4, 0.5) is 0 Å². The molecule has 0 aliphatic rings. The van der Waals surface area contributed by atoms with Crippen molar-refractivity contribution < 1.29 is 8.39 Å². The number of hydrogen-bond acceptors (Lipinski definition) is 2. The highest BCUT2D eigenvalue weighted by Gasteiger charge is 2.32. The summed E-state index contributed by atoms with van der Waals surface area (Å²) < 4.78 is 16.4. The minimum atomic E-state index is -1.81. The fourth-order valence-electron chi connectivity index (χ4n) is 1.72. The van der Waals surface area contributed by atoms with Crippen LogP contribution in [-0.2, 0) is 20.1 Å². The number of hydrogen-bond donors (Lipinski definition) is 0. The van der Waals surface area contributed by atoms with E-state index in [2.05, 4.69) is 0 Å². The molecule has 0 radical (unpaired) electrons. The molecule has 0 amide bonds. The Morgan fingerprint density at radius 1 is 1.38 bits per heavy atom. The van der Waals surface area contributed by atoms with Gasteiger partial charge in [-0.3, -0.25) is 4.18 Å². The van der Waals surface area contributed by atoms with E-state index in [1.165, 1.54) is 0 Å². The molecule has 16 heavy (non-hydrogen) atoms. The van der Waals surface area contributed by atoms with Crippen molar-refractivity contribution in [2.75, 3.05) is 0 Å². The summed E-state index contributed by atoms with van der Waals surface area (Å²) in [7, 11) is 3.61. The zero-order valence-electron chi connectivity index (χ0n) is 9.20. The SMILES string of the molecule is CCC(CC)(OS(=O)Cl)c1cccc(Cl)c1. The largest absolute Gasteiger partial charge is 0.267 e. The predicted octanol–water partition coefficient (Wildman–Crippen LogP) is 4.19. The van der Waals surface area contributed by atoms with Gasteiger partial charge < -0.3 is 0 Å². The molecule has 1 aromatic carbocycles. The fourth-order valence-corrected chi connectivity index (χ4v) is 2.86. The molecule has 0 bridgehead atoms. The summed E-state index contributed by atoms with van der Waals surface area (Å²) in [6, 6.07) is 7.36. The van der Waals surface area contributed by atoms with Gasteiger partial charge in [-0.25, -0.2) is 4.21 Å². The molecule has 2 nitrogen and oxygen atoms in total. The molecule has 0 N–H and O–H groups in total. The highest BCUT2D eigenvalue weighted by atomic mass is 35.7. The van der Waals surface area contributed by atoms with E-state index in [1.54, 1.807) is 6.07 Å². The van der Waals surface area contributed by atoms with Gasteiger partial charge in [-0.05, 0) is 30.5 Å². The summed E-state index contributed by atoms with van der Waals surface area (Å²) in [5, 5.41) is 0.632. The van der Waals surface area contributed by atoms with E-state index >= 15 is 0 Å². The van der Waals surface area contributed by atoms with E-state index in [9.17, 15) is 4.21 Å². The zero-order chi connectivity index (χ0) is 12.2. The van der Waals surface area contributed by atoms with E-state index in [0.29, 0.717) is 17.9 Å². The molecule has 1 rings (SSSR count). The second-order valence-electron chi connectivity index (χ2n) is 3.49. The van der Waals surface area contributed by atoms with Crippen molar-refractivity contribution >= 4 is 32.6 Å². The highest BCUT2D eigenvalue weighted by molar-refractivity contribution is 8.04. The number of rotatable bonds is 5. The van der Waals surface area contributed by atoms with Crippen LogP contribution in [0.2, 0.25) is 5.02 Å². The predicted molar refractivity (Wildman–Crippen MR) is 68.8 cm³/mol. The first kappa shape index (κ1) is 14.0. The van der Waals surface area contributed by atoms with Crippen LogP contribution in [0.3, 0.4) is 0 Å². The lowest BCUT2D eigenvalue weighted by Gasteiger charge is -2.30. The highest BCUT2D eigenvalue weighted by Crippen LogP contribution is 2.35. The number of halogens is 2. The second kappa shape index (κ2) is 6.01. The summed E-state index contributed by atoms with van der Waals surface area (Å²) in [6.07, 6.45) is 1.37. The Labute approximate surface area is 108 Å². The van der Waals surface area contributed by atoms with Crippen molar-refractivity contribution in [2.45, 2.75) is 32.3 Å². The van der Waals surface area contributed by atoms with Gasteiger partial charge in [0.05, 0.1) is 0 Å². The first-order chi connectivity index (χ1) is 7.54. The van der Waals surface area contributed by atoms with Crippen LogP contribution in [0.15, 0.2) is 24.3 Å². The normalized spacial score (nSPS) is 13.8. The molecular formula is C11H14Cl2O2S. The van der Waals surface area contributed by atoms with Crippen molar-refractivity contribution in [1.29, 1.82) is 0 Å². The third-order valence-electron chi connectivity index (χ3n) is 2.72. The van der Waals surface area contributed by atoms with Crippen molar-refractivity contribution in [3.05, 3.63) is 34.9 Å². The zero-order valence-corrected chi connectivity index (χ0v) is 11.5. The smallest absolute Gasteiger partial charge is 0.256 e. The lowest BCUT2D eigenvalue weighted by atomic mass is 9.89. The average molecular weight is 281 g/mol. The summed E-state index contributed by atoms with van der Waals surface area (Å²) in [4.78, 5) is 0. The van der Waals surface area contributed by atoms with Gasteiger partial charge in [-0.15, -0.1) is 0 Å². The Morgan fingerprint density at radius 2 is 2.00 bits per heavy atom. The van der Waals surface area contributed by atoms with Gasteiger partial charge in [-0.1, -0.05) is 37.6 Å². The minimum absolute atomic E-state index is 0.627. The third-order valence-corrected chi connectivity index (χ3v) is 3.59. The summed E-state index contributed by atoms with van der Waals surface area (Å²) in [5.74, 6) is 0. The van der Waals surface area contributed by atoms with Crippen molar-refractivity contribution in [3.8, 4) is 0 Å². The van der Waals surface area contributed by atoms with Gasteiger partial charge in [0.2, 0.25) is 0 Å². The van der Waals surface area contributed by atoms with Crippen LogP contribution in [0.5, 0.6) is 0 Å².